The molecule has 0 fully saturated rings. The number of halogens is 1. The van der Waals surface area contributed by atoms with Crippen LogP contribution in [0.3, 0.4) is 0 Å². The Morgan fingerprint density at radius 1 is 0.963 bits per heavy atom. The predicted octanol–water partition coefficient (Wildman–Crippen LogP) is 5.71. The van der Waals surface area contributed by atoms with E-state index in [2.05, 4.69) is 21.7 Å². The van der Waals surface area contributed by atoms with Crippen LogP contribution in [0.15, 0.2) is 60.7 Å². The molecule has 0 aliphatic rings. The molecule has 0 radical (unpaired) electrons. The van der Waals surface area contributed by atoms with E-state index in [1.807, 2.05) is 61.6 Å². The number of anilines is 2. The molecule has 5 heteroatoms. The Morgan fingerprint density at radius 3 is 2.63 bits per heavy atom. The number of H-pyrrole nitrogens is 1. The molecule has 0 saturated carbocycles. The number of hydrogen-bond donors (Lipinski definition) is 3. The lowest BCUT2D eigenvalue weighted by Gasteiger charge is -2.12. The molecule has 3 aromatic carbocycles. The van der Waals surface area contributed by atoms with Crippen molar-refractivity contribution in [3.63, 3.8) is 0 Å². The summed E-state index contributed by atoms with van der Waals surface area (Å²) in [6.07, 6.45) is 0.945. The summed E-state index contributed by atoms with van der Waals surface area (Å²) in [4.78, 5) is 3.48. The third-order valence-electron chi connectivity index (χ3n) is 4.52. The Hall–Kier alpha value is -2.69. The zero-order valence-corrected chi connectivity index (χ0v) is 15.9. The number of benzene rings is 3. The molecule has 0 unspecified atom stereocenters. The van der Waals surface area contributed by atoms with Crippen molar-refractivity contribution in [1.82, 2.24) is 10.3 Å². The first-order chi connectivity index (χ1) is 13.2. The van der Waals surface area contributed by atoms with Gasteiger partial charge in [-0.2, -0.15) is 0 Å². The highest BCUT2D eigenvalue weighted by Gasteiger charge is 2.12. The first kappa shape index (κ1) is 17.7. The van der Waals surface area contributed by atoms with E-state index in [0.29, 0.717) is 6.61 Å². The van der Waals surface area contributed by atoms with Gasteiger partial charge in [-0.3, -0.25) is 0 Å². The monoisotopic (exact) mass is 379 g/mol. The molecule has 4 nitrogen and oxygen atoms in total. The third-order valence-corrected chi connectivity index (χ3v) is 4.76. The Kier molecular flexibility index (Phi) is 5.19. The van der Waals surface area contributed by atoms with Gasteiger partial charge in [0.15, 0.2) is 0 Å². The number of rotatable bonds is 7. The molecule has 4 aromatic rings. The van der Waals surface area contributed by atoms with E-state index < -0.39 is 0 Å². The van der Waals surface area contributed by atoms with E-state index >= 15 is 0 Å². The van der Waals surface area contributed by atoms with Gasteiger partial charge in [-0.25, -0.2) is 0 Å². The molecule has 0 amide bonds. The largest absolute Gasteiger partial charge is 0.491 e. The third kappa shape index (κ3) is 3.87. The van der Waals surface area contributed by atoms with Crippen LogP contribution in [0, 0.1) is 0 Å². The molecule has 0 spiro atoms. The summed E-state index contributed by atoms with van der Waals surface area (Å²) in [6.45, 7) is 1.58. The minimum absolute atomic E-state index is 0.654. The predicted molar refractivity (Wildman–Crippen MR) is 115 cm³/mol. The molecule has 138 valence electrons. The molecule has 0 aliphatic heterocycles. The summed E-state index contributed by atoms with van der Waals surface area (Å²) in [6, 6.07) is 20.2. The molecule has 3 N–H and O–H groups in total. The maximum absolute atomic E-state index is 6.24. The number of nitrogens with one attached hydrogen (secondary N) is 3. The molecule has 0 saturated heterocycles. The van der Waals surface area contributed by atoms with Crippen molar-refractivity contribution in [2.75, 3.05) is 25.5 Å². The van der Waals surface area contributed by atoms with Crippen molar-refractivity contribution >= 4 is 44.8 Å². The summed E-state index contributed by atoms with van der Waals surface area (Å²) in [5.41, 5.74) is 4.07. The second-order valence-electron chi connectivity index (χ2n) is 6.51. The van der Waals surface area contributed by atoms with Crippen molar-refractivity contribution in [2.45, 2.75) is 6.42 Å². The van der Waals surface area contributed by atoms with Gasteiger partial charge in [-0.15, -0.1) is 0 Å². The quantitative estimate of drug-likeness (QED) is 0.360. The molecule has 1 aromatic heterocycles. The highest BCUT2D eigenvalue weighted by molar-refractivity contribution is 6.32. The molecule has 4 rings (SSSR count). The van der Waals surface area contributed by atoms with Crippen LogP contribution in [0.5, 0.6) is 5.75 Å². The van der Waals surface area contributed by atoms with E-state index in [4.69, 9.17) is 16.3 Å². The van der Waals surface area contributed by atoms with Crippen molar-refractivity contribution in [3.8, 4) is 5.75 Å². The van der Waals surface area contributed by atoms with Gasteiger partial charge in [-0.1, -0.05) is 29.8 Å². The number of fused-ring (bicyclic) bond motifs is 3. The van der Waals surface area contributed by atoms with E-state index in [0.717, 1.165) is 56.9 Å². The highest BCUT2D eigenvalue weighted by atomic mass is 35.5. The molecule has 1 heterocycles. The zero-order chi connectivity index (χ0) is 18.6. The number of ether oxygens (including phenoxy) is 1. The van der Waals surface area contributed by atoms with Crippen LogP contribution in [0.4, 0.5) is 11.4 Å². The Labute approximate surface area is 163 Å². The summed E-state index contributed by atoms with van der Waals surface area (Å²) >= 11 is 6.24. The fraction of sp³-hybridized carbons (Fsp3) is 0.182. The van der Waals surface area contributed by atoms with Gasteiger partial charge in [-0.05, 0) is 56.4 Å². The SMILES string of the molecule is CNCCCOc1cc(Nc2ccccc2)cc2c1[nH]c1ccc(Cl)cc12. The summed E-state index contributed by atoms with van der Waals surface area (Å²) in [7, 11) is 1.95. The molecule has 0 bridgehead atoms. The molecule has 0 atom stereocenters. The maximum Gasteiger partial charge on any atom is 0.145 e. The van der Waals surface area contributed by atoms with Crippen molar-refractivity contribution in [3.05, 3.63) is 65.7 Å². The minimum atomic E-state index is 0.654. The average molecular weight is 380 g/mol. The fourth-order valence-corrected chi connectivity index (χ4v) is 3.42. The average Bonchev–Trinajstić information content (AvgIpc) is 3.04. The summed E-state index contributed by atoms with van der Waals surface area (Å²) in [5, 5.41) is 9.53. The number of para-hydroxylation sites is 1. The first-order valence-electron chi connectivity index (χ1n) is 9.09. The van der Waals surface area contributed by atoms with Crippen LogP contribution in [0.25, 0.3) is 21.8 Å². The van der Waals surface area contributed by atoms with Gasteiger partial charge in [0.1, 0.15) is 5.75 Å². The number of aromatic amines is 1. The second-order valence-corrected chi connectivity index (χ2v) is 6.94. The van der Waals surface area contributed by atoms with Gasteiger partial charge < -0.3 is 20.4 Å². The van der Waals surface area contributed by atoms with Crippen LogP contribution in [0.2, 0.25) is 5.02 Å². The topological polar surface area (TPSA) is 49.1 Å². The lowest BCUT2D eigenvalue weighted by molar-refractivity contribution is 0.313. The number of hydrogen-bond acceptors (Lipinski definition) is 3. The van der Waals surface area contributed by atoms with E-state index in [1.54, 1.807) is 0 Å². The second kappa shape index (κ2) is 7.91. The summed E-state index contributed by atoms with van der Waals surface area (Å²) in [5.74, 6) is 0.842. The van der Waals surface area contributed by atoms with Crippen LogP contribution < -0.4 is 15.4 Å². The maximum atomic E-state index is 6.24. The first-order valence-corrected chi connectivity index (χ1v) is 9.47. The van der Waals surface area contributed by atoms with Crippen molar-refractivity contribution < 1.29 is 4.74 Å². The van der Waals surface area contributed by atoms with Gasteiger partial charge in [0.25, 0.3) is 0 Å². The Morgan fingerprint density at radius 2 is 1.81 bits per heavy atom. The standard InChI is InChI=1S/C22H22ClN3O/c1-24-10-5-11-27-21-14-17(25-16-6-3-2-4-7-16)13-19-18-12-15(23)8-9-20(18)26-22(19)21/h2-4,6-9,12-14,24-26H,5,10-11H2,1H3. The van der Waals surface area contributed by atoms with E-state index in [-0.39, 0.29) is 0 Å². The normalized spacial score (nSPS) is 11.2. The van der Waals surface area contributed by atoms with Gasteiger partial charge >= 0.3 is 0 Å². The number of aromatic nitrogens is 1. The van der Waals surface area contributed by atoms with E-state index in [1.165, 1.54) is 0 Å². The van der Waals surface area contributed by atoms with Gasteiger partial charge in [0.2, 0.25) is 0 Å². The highest BCUT2D eigenvalue weighted by Crippen LogP contribution is 2.36. The smallest absolute Gasteiger partial charge is 0.145 e. The van der Waals surface area contributed by atoms with E-state index in [9.17, 15) is 0 Å². The lowest BCUT2D eigenvalue weighted by atomic mass is 10.1. The van der Waals surface area contributed by atoms with Gasteiger partial charge in [0, 0.05) is 38.8 Å². The van der Waals surface area contributed by atoms with Crippen molar-refractivity contribution in [1.29, 1.82) is 0 Å². The Bertz CT molecular complexity index is 1060. The molecule has 27 heavy (non-hydrogen) atoms. The Balaban J connectivity index is 1.78. The van der Waals surface area contributed by atoms with Crippen LogP contribution in [-0.2, 0) is 0 Å². The molecular weight excluding hydrogens is 358 g/mol. The van der Waals surface area contributed by atoms with Crippen LogP contribution >= 0.6 is 11.6 Å². The summed E-state index contributed by atoms with van der Waals surface area (Å²) < 4.78 is 6.12. The van der Waals surface area contributed by atoms with Gasteiger partial charge in [0.05, 0.1) is 12.1 Å². The minimum Gasteiger partial charge on any atom is -0.491 e. The molecule has 0 aliphatic carbocycles. The lowest BCUT2D eigenvalue weighted by Crippen LogP contribution is -2.11. The van der Waals surface area contributed by atoms with Crippen LogP contribution in [0.1, 0.15) is 6.42 Å². The van der Waals surface area contributed by atoms with Crippen LogP contribution in [-0.4, -0.2) is 25.2 Å². The fourth-order valence-electron chi connectivity index (χ4n) is 3.25. The molecular formula is C22H22ClN3O. The van der Waals surface area contributed by atoms with Crippen molar-refractivity contribution in [2.24, 2.45) is 0 Å². The zero-order valence-electron chi connectivity index (χ0n) is 15.2.